The normalized spacial score (nSPS) is 11.5. The van der Waals surface area contributed by atoms with E-state index in [1.807, 2.05) is 13.0 Å². The summed E-state index contributed by atoms with van der Waals surface area (Å²) in [6.45, 7) is 5.67. The van der Waals surface area contributed by atoms with Gasteiger partial charge in [-0.15, -0.1) is 0 Å². The second-order valence-corrected chi connectivity index (χ2v) is 5.64. The third kappa shape index (κ3) is 7.13. The number of urea groups is 1. The lowest BCUT2D eigenvalue weighted by Gasteiger charge is -2.21. The molecule has 0 aliphatic rings. The number of ether oxygens (including phenoxy) is 1. The molecule has 0 fully saturated rings. The number of rotatable bonds is 8. The highest BCUT2D eigenvalue weighted by molar-refractivity contribution is 5.93. The fourth-order valence-electron chi connectivity index (χ4n) is 1.87. The summed E-state index contributed by atoms with van der Waals surface area (Å²) in [6.07, 6.45) is 0.801. The molecule has 7 nitrogen and oxygen atoms in total. The maximum Gasteiger partial charge on any atom is 0.329 e. The third-order valence-corrected chi connectivity index (χ3v) is 3.16. The van der Waals surface area contributed by atoms with Crippen molar-refractivity contribution >= 4 is 23.6 Å². The van der Waals surface area contributed by atoms with E-state index < -0.39 is 18.0 Å². The van der Waals surface area contributed by atoms with Gasteiger partial charge in [0.2, 0.25) is 0 Å². The Bertz CT molecular complexity index is 546. The van der Waals surface area contributed by atoms with Gasteiger partial charge in [0.05, 0.1) is 0 Å². The molecule has 0 aromatic heterocycles. The minimum Gasteiger partial charge on any atom is -0.454 e. The minimum atomic E-state index is -0.840. The lowest BCUT2D eigenvalue weighted by atomic mass is 10.1. The van der Waals surface area contributed by atoms with Crippen molar-refractivity contribution in [2.75, 3.05) is 18.5 Å². The Morgan fingerprint density at radius 2 is 1.79 bits per heavy atom. The molecule has 7 heteroatoms. The van der Waals surface area contributed by atoms with E-state index in [1.54, 1.807) is 38.1 Å². The van der Waals surface area contributed by atoms with E-state index in [1.165, 1.54) is 0 Å². The number of hydrogen-bond donors (Lipinski definition) is 3. The van der Waals surface area contributed by atoms with Gasteiger partial charge in [0.1, 0.15) is 6.04 Å². The molecule has 3 N–H and O–H groups in total. The van der Waals surface area contributed by atoms with Crippen molar-refractivity contribution in [2.45, 2.75) is 33.2 Å². The highest BCUT2D eigenvalue weighted by Gasteiger charge is 2.26. The monoisotopic (exact) mass is 335 g/mol. The van der Waals surface area contributed by atoms with Crippen LogP contribution in [-0.2, 0) is 14.3 Å². The van der Waals surface area contributed by atoms with Crippen molar-refractivity contribution in [3.63, 3.8) is 0 Å². The Balaban J connectivity index is 2.51. The van der Waals surface area contributed by atoms with Gasteiger partial charge in [-0.25, -0.2) is 9.59 Å². The number of carbonyl (C=O) groups excluding carboxylic acids is 3. The first-order valence-electron chi connectivity index (χ1n) is 8.00. The first-order valence-corrected chi connectivity index (χ1v) is 8.00. The van der Waals surface area contributed by atoms with Gasteiger partial charge in [-0.05, 0) is 24.5 Å². The minimum absolute atomic E-state index is 0.183. The number of esters is 1. The quantitative estimate of drug-likeness (QED) is 0.632. The van der Waals surface area contributed by atoms with Crippen molar-refractivity contribution in [1.82, 2.24) is 10.6 Å². The molecule has 0 unspecified atom stereocenters. The third-order valence-electron chi connectivity index (χ3n) is 3.16. The summed E-state index contributed by atoms with van der Waals surface area (Å²) in [6, 6.07) is 7.54. The second kappa shape index (κ2) is 10.3. The van der Waals surface area contributed by atoms with Crippen molar-refractivity contribution < 1.29 is 19.1 Å². The molecule has 1 atom stereocenters. The number of para-hydroxylation sites is 1. The molecule has 0 aliphatic heterocycles. The fraction of sp³-hybridized carbons (Fsp3) is 0.471. The van der Waals surface area contributed by atoms with E-state index in [-0.39, 0.29) is 18.4 Å². The lowest BCUT2D eigenvalue weighted by Crippen LogP contribution is -2.47. The van der Waals surface area contributed by atoms with Gasteiger partial charge < -0.3 is 20.7 Å². The fourth-order valence-corrected chi connectivity index (χ4v) is 1.87. The molecule has 0 aliphatic carbocycles. The number of nitrogens with one attached hydrogen (secondary N) is 3. The molecule has 0 spiro atoms. The highest BCUT2D eigenvalue weighted by atomic mass is 16.5. The molecule has 132 valence electrons. The second-order valence-electron chi connectivity index (χ2n) is 5.64. The molecule has 1 rings (SSSR count). The predicted molar refractivity (Wildman–Crippen MR) is 91.5 cm³/mol. The van der Waals surface area contributed by atoms with Gasteiger partial charge in [-0.1, -0.05) is 39.0 Å². The molecule has 0 radical (unpaired) electrons. The van der Waals surface area contributed by atoms with E-state index in [0.29, 0.717) is 12.2 Å². The Morgan fingerprint density at radius 1 is 1.12 bits per heavy atom. The van der Waals surface area contributed by atoms with E-state index in [9.17, 15) is 14.4 Å². The van der Waals surface area contributed by atoms with Crippen LogP contribution in [0.5, 0.6) is 0 Å². The standard InChI is InChI=1S/C17H25N3O4/c1-4-10-18-14(21)11-24-16(22)15(12(2)3)20-17(23)19-13-8-6-5-7-9-13/h5-9,12,15H,4,10-11H2,1-3H3,(H,18,21)(H2,19,20,23)/t15-/m1/s1. The molecule has 0 saturated carbocycles. The van der Waals surface area contributed by atoms with Crippen molar-refractivity contribution in [3.05, 3.63) is 30.3 Å². The van der Waals surface area contributed by atoms with Gasteiger partial charge in [-0.3, -0.25) is 4.79 Å². The number of hydrogen-bond acceptors (Lipinski definition) is 4. The zero-order valence-electron chi connectivity index (χ0n) is 14.3. The number of anilines is 1. The molecule has 24 heavy (non-hydrogen) atoms. The van der Waals surface area contributed by atoms with Gasteiger partial charge in [0.25, 0.3) is 5.91 Å². The van der Waals surface area contributed by atoms with E-state index in [2.05, 4.69) is 16.0 Å². The summed E-state index contributed by atoms with van der Waals surface area (Å²) in [7, 11) is 0. The maximum absolute atomic E-state index is 12.1. The average molecular weight is 335 g/mol. The summed E-state index contributed by atoms with van der Waals surface area (Å²) in [5, 5.41) is 7.83. The Labute approximate surface area is 142 Å². The zero-order valence-corrected chi connectivity index (χ0v) is 14.3. The van der Waals surface area contributed by atoms with Crippen LogP contribution in [0.25, 0.3) is 0 Å². The summed E-state index contributed by atoms with van der Waals surface area (Å²) >= 11 is 0. The first-order chi connectivity index (χ1) is 11.4. The van der Waals surface area contributed by atoms with Crippen LogP contribution in [0.3, 0.4) is 0 Å². The van der Waals surface area contributed by atoms with E-state index in [0.717, 1.165) is 6.42 Å². The molecule has 1 aromatic carbocycles. The van der Waals surface area contributed by atoms with Crippen LogP contribution in [0.4, 0.5) is 10.5 Å². The zero-order chi connectivity index (χ0) is 17.9. The van der Waals surface area contributed by atoms with Crippen molar-refractivity contribution in [1.29, 1.82) is 0 Å². The van der Waals surface area contributed by atoms with Crippen molar-refractivity contribution in [2.24, 2.45) is 5.92 Å². The maximum atomic E-state index is 12.1. The molecule has 0 saturated heterocycles. The molecule has 0 heterocycles. The van der Waals surface area contributed by atoms with Crippen molar-refractivity contribution in [3.8, 4) is 0 Å². The lowest BCUT2D eigenvalue weighted by molar-refractivity contribution is -0.151. The smallest absolute Gasteiger partial charge is 0.329 e. The summed E-state index contributed by atoms with van der Waals surface area (Å²) in [5.41, 5.74) is 0.616. The van der Waals surface area contributed by atoms with Gasteiger partial charge >= 0.3 is 12.0 Å². The van der Waals surface area contributed by atoms with Crippen LogP contribution in [-0.4, -0.2) is 37.1 Å². The topological polar surface area (TPSA) is 96.5 Å². The van der Waals surface area contributed by atoms with Crippen LogP contribution in [0.2, 0.25) is 0 Å². The van der Waals surface area contributed by atoms with Crippen LogP contribution >= 0.6 is 0 Å². The Kier molecular flexibility index (Phi) is 8.32. The van der Waals surface area contributed by atoms with Gasteiger partial charge in [0, 0.05) is 12.2 Å². The van der Waals surface area contributed by atoms with Crippen LogP contribution in [0.1, 0.15) is 27.2 Å². The van der Waals surface area contributed by atoms with E-state index in [4.69, 9.17) is 4.74 Å². The average Bonchev–Trinajstić information content (AvgIpc) is 2.56. The summed E-state index contributed by atoms with van der Waals surface area (Å²) in [4.78, 5) is 35.6. The Morgan fingerprint density at radius 3 is 2.38 bits per heavy atom. The molecule has 1 aromatic rings. The number of amides is 3. The van der Waals surface area contributed by atoms with Crippen LogP contribution in [0, 0.1) is 5.92 Å². The molecule has 0 bridgehead atoms. The van der Waals surface area contributed by atoms with E-state index >= 15 is 0 Å². The van der Waals surface area contributed by atoms with Crippen LogP contribution in [0.15, 0.2) is 30.3 Å². The summed E-state index contributed by atoms with van der Waals surface area (Å²) in [5.74, 6) is -1.18. The largest absolute Gasteiger partial charge is 0.454 e. The van der Waals surface area contributed by atoms with Gasteiger partial charge in [0.15, 0.2) is 6.61 Å². The Hall–Kier alpha value is -2.57. The van der Waals surface area contributed by atoms with Crippen LogP contribution < -0.4 is 16.0 Å². The first kappa shape index (κ1) is 19.5. The SMILES string of the molecule is CCCNC(=O)COC(=O)[C@H](NC(=O)Nc1ccccc1)C(C)C. The highest BCUT2D eigenvalue weighted by Crippen LogP contribution is 2.07. The number of carbonyl (C=O) groups is 3. The number of benzene rings is 1. The molecule has 3 amide bonds. The predicted octanol–water partition coefficient (Wildman–Crippen LogP) is 1.90. The summed E-state index contributed by atoms with van der Waals surface area (Å²) < 4.78 is 4.98. The van der Waals surface area contributed by atoms with Gasteiger partial charge in [-0.2, -0.15) is 0 Å². The molecular formula is C17H25N3O4. The molecular weight excluding hydrogens is 310 g/mol.